The maximum atomic E-state index is 10.6. The molecule has 2 N–H and O–H groups in total. The number of hydrogen-bond donors (Lipinski definition) is 2. The van der Waals surface area contributed by atoms with Gasteiger partial charge in [-0.1, -0.05) is 39.3 Å². The highest BCUT2D eigenvalue weighted by Gasteiger charge is 2.62. The zero-order valence-corrected chi connectivity index (χ0v) is 20.1. The number of rotatable bonds is 4. The average Bonchev–Trinajstić information content (AvgIpc) is 3.34. The fraction of sp³-hybridized carbons (Fsp3) is 0.815. The first-order valence-electron chi connectivity index (χ1n) is 12.8. The zero-order chi connectivity index (χ0) is 21.9. The number of likely N-dealkylation sites (tertiary alicyclic amines) is 1. The Morgan fingerprint density at radius 1 is 1.16 bits per heavy atom. The summed E-state index contributed by atoms with van der Waals surface area (Å²) in [5.41, 5.74) is 4.75. The number of piperidine rings is 1. The van der Waals surface area contributed by atoms with Gasteiger partial charge in [-0.3, -0.25) is 5.10 Å². The molecule has 5 rings (SSSR count). The lowest BCUT2D eigenvalue weighted by atomic mass is 9.42. The Labute approximate surface area is 188 Å². The summed E-state index contributed by atoms with van der Waals surface area (Å²) in [5, 5.41) is 18.2. The van der Waals surface area contributed by atoms with Gasteiger partial charge in [-0.25, -0.2) is 0 Å². The largest absolute Gasteiger partial charge is 0.396 e. The number of aromatic nitrogens is 2. The van der Waals surface area contributed by atoms with Crippen LogP contribution in [0.1, 0.15) is 77.0 Å². The van der Waals surface area contributed by atoms with Crippen molar-refractivity contribution in [2.75, 3.05) is 26.2 Å². The molecule has 172 valence electrons. The Morgan fingerprint density at radius 3 is 2.68 bits per heavy atom. The van der Waals surface area contributed by atoms with Crippen molar-refractivity contribution in [1.82, 2.24) is 15.1 Å². The quantitative estimate of drug-likeness (QED) is 0.668. The fourth-order valence-corrected chi connectivity index (χ4v) is 8.42. The summed E-state index contributed by atoms with van der Waals surface area (Å²) < 4.78 is 0. The highest BCUT2D eigenvalue weighted by molar-refractivity contribution is 5.28. The minimum absolute atomic E-state index is 0.0876. The van der Waals surface area contributed by atoms with Gasteiger partial charge in [0.25, 0.3) is 0 Å². The van der Waals surface area contributed by atoms with E-state index in [0.717, 1.165) is 18.8 Å². The van der Waals surface area contributed by atoms with Crippen LogP contribution in [-0.2, 0) is 12.8 Å². The van der Waals surface area contributed by atoms with Gasteiger partial charge in [-0.15, -0.1) is 0 Å². The maximum absolute atomic E-state index is 10.6. The minimum atomic E-state index is 0.0876. The van der Waals surface area contributed by atoms with Gasteiger partial charge in [-0.05, 0) is 104 Å². The van der Waals surface area contributed by atoms with Crippen molar-refractivity contribution in [3.8, 4) is 0 Å². The molecule has 1 aliphatic heterocycles. The predicted molar refractivity (Wildman–Crippen MR) is 126 cm³/mol. The SMILES string of the molecule is C=C1CC[C@H]2[C@H](CN3CCCCC3)[C@@](C)([C@@]3(C)Cc4cn[nH]c4C[C@@H]3CO)CC[C@]12C. The van der Waals surface area contributed by atoms with E-state index in [1.807, 2.05) is 0 Å². The molecule has 0 spiro atoms. The van der Waals surface area contributed by atoms with Crippen LogP contribution in [0.15, 0.2) is 18.3 Å². The van der Waals surface area contributed by atoms with Gasteiger partial charge in [0.05, 0.1) is 6.20 Å². The van der Waals surface area contributed by atoms with Crippen molar-refractivity contribution in [3.05, 3.63) is 29.6 Å². The minimum Gasteiger partial charge on any atom is -0.396 e. The van der Waals surface area contributed by atoms with E-state index in [9.17, 15) is 5.11 Å². The van der Waals surface area contributed by atoms with E-state index >= 15 is 0 Å². The van der Waals surface area contributed by atoms with Gasteiger partial charge in [0, 0.05) is 18.8 Å². The van der Waals surface area contributed by atoms with Crippen LogP contribution in [0.4, 0.5) is 0 Å². The van der Waals surface area contributed by atoms with Crippen LogP contribution in [-0.4, -0.2) is 46.4 Å². The highest BCUT2D eigenvalue weighted by Crippen LogP contribution is 2.68. The average molecular weight is 426 g/mol. The van der Waals surface area contributed by atoms with Crippen molar-refractivity contribution >= 4 is 0 Å². The van der Waals surface area contributed by atoms with Gasteiger partial charge < -0.3 is 10.0 Å². The van der Waals surface area contributed by atoms with Gasteiger partial charge in [0.1, 0.15) is 0 Å². The zero-order valence-electron chi connectivity index (χ0n) is 20.1. The number of nitrogens with one attached hydrogen (secondary N) is 1. The van der Waals surface area contributed by atoms with E-state index in [2.05, 4.69) is 48.6 Å². The molecule has 0 unspecified atom stereocenters. The summed E-state index contributed by atoms with van der Waals surface area (Å²) in [4.78, 5) is 2.78. The Bertz CT molecular complexity index is 826. The summed E-state index contributed by atoms with van der Waals surface area (Å²) in [6.45, 7) is 16.2. The molecule has 0 bridgehead atoms. The number of hydrogen-bond acceptors (Lipinski definition) is 3. The number of aliphatic hydroxyl groups excluding tert-OH is 1. The third kappa shape index (κ3) is 3.19. The molecule has 0 radical (unpaired) electrons. The standard InChI is InChI=1S/C27H43N3O/c1-19-8-9-22-23(17-30-12-6-5-7-13-30)26(3,11-10-25(19,22)2)27(4)15-20-16-28-29-24(20)14-21(27)18-31/h16,21-23,31H,1,5-15,17-18H2,2-4H3,(H,28,29)/t21-,22+,23+,25-,26+,27+/m1/s1. The van der Waals surface area contributed by atoms with Crippen molar-refractivity contribution in [1.29, 1.82) is 0 Å². The topological polar surface area (TPSA) is 52.2 Å². The first-order chi connectivity index (χ1) is 14.8. The number of aromatic amines is 1. The lowest BCUT2D eigenvalue weighted by Crippen LogP contribution is -2.60. The predicted octanol–water partition coefficient (Wildman–Crippen LogP) is 5.00. The summed E-state index contributed by atoms with van der Waals surface area (Å²) in [6, 6.07) is 0. The maximum Gasteiger partial charge on any atom is 0.0522 e. The van der Waals surface area contributed by atoms with Crippen molar-refractivity contribution in [2.45, 2.75) is 78.6 Å². The lowest BCUT2D eigenvalue weighted by molar-refractivity contribution is -0.136. The van der Waals surface area contributed by atoms with Gasteiger partial charge in [-0.2, -0.15) is 5.10 Å². The second kappa shape index (κ2) is 7.73. The van der Waals surface area contributed by atoms with Crippen LogP contribution in [0.25, 0.3) is 0 Å². The molecule has 4 heteroatoms. The van der Waals surface area contributed by atoms with Crippen LogP contribution in [0, 0.1) is 34.0 Å². The number of fused-ring (bicyclic) bond motifs is 2. The third-order valence-electron chi connectivity index (χ3n) is 11.0. The Balaban J connectivity index is 1.55. The molecule has 1 aromatic rings. The molecule has 1 saturated heterocycles. The van der Waals surface area contributed by atoms with E-state index in [1.54, 1.807) is 0 Å². The molecule has 4 aliphatic rings. The fourth-order valence-electron chi connectivity index (χ4n) is 8.42. The molecule has 2 heterocycles. The molecule has 2 saturated carbocycles. The van der Waals surface area contributed by atoms with Crippen LogP contribution in [0.5, 0.6) is 0 Å². The molecule has 6 atom stereocenters. The third-order valence-corrected chi connectivity index (χ3v) is 11.0. The van der Waals surface area contributed by atoms with Crippen LogP contribution in [0.3, 0.4) is 0 Å². The van der Waals surface area contributed by atoms with E-state index in [1.165, 1.54) is 81.4 Å². The smallest absolute Gasteiger partial charge is 0.0522 e. The molecule has 0 aromatic carbocycles. The molecule has 4 nitrogen and oxygen atoms in total. The Hall–Kier alpha value is -1.13. The molecule has 1 aromatic heterocycles. The van der Waals surface area contributed by atoms with Gasteiger partial charge >= 0.3 is 0 Å². The Morgan fingerprint density at radius 2 is 1.94 bits per heavy atom. The van der Waals surface area contributed by atoms with Crippen molar-refractivity contribution in [3.63, 3.8) is 0 Å². The van der Waals surface area contributed by atoms with Gasteiger partial charge in [0.15, 0.2) is 0 Å². The molecule has 3 fully saturated rings. The van der Waals surface area contributed by atoms with Crippen LogP contribution < -0.4 is 0 Å². The van der Waals surface area contributed by atoms with Crippen LogP contribution in [0.2, 0.25) is 0 Å². The van der Waals surface area contributed by atoms with E-state index in [4.69, 9.17) is 0 Å². The van der Waals surface area contributed by atoms with Gasteiger partial charge in [0.2, 0.25) is 0 Å². The van der Waals surface area contributed by atoms with Crippen molar-refractivity contribution in [2.24, 2.45) is 34.0 Å². The first-order valence-corrected chi connectivity index (χ1v) is 12.8. The summed E-state index contributed by atoms with van der Waals surface area (Å²) in [7, 11) is 0. The second-order valence-electron chi connectivity index (χ2n) is 12.1. The molecule has 3 aliphatic carbocycles. The summed E-state index contributed by atoms with van der Waals surface area (Å²) in [6.07, 6.45) is 13.1. The second-order valence-corrected chi connectivity index (χ2v) is 12.1. The lowest BCUT2D eigenvalue weighted by Gasteiger charge is -2.63. The monoisotopic (exact) mass is 425 g/mol. The number of nitrogens with zero attached hydrogens (tertiary/aromatic N) is 2. The number of allylic oxidation sites excluding steroid dienone is 1. The van der Waals surface area contributed by atoms with Crippen LogP contribution >= 0.6 is 0 Å². The van der Waals surface area contributed by atoms with Crippen molar-refractivity contribution < 1.29 is 5.11 Å². The number of H-pyrrole nitrogens is 1. The molecular weight excluding hydrogens is 382 g/mol. The molecular formula is C27H43N3O. The van der Waals surface area contributed by atoms with E-state index in [-0.39, 0.29) is 17.4 Å². The summed E-state index contributed by atoms with van der Waals surface area (Å²) >= 11 is 0. The first kappa shape index (κ1) is 21.7. The highest BCUT2D eigenvalue weighted by atomic mass is 16.3. The Kier molecular flexibility index (Phi) is 5.41. The summed E-state index contributed by atoms with van der Waals surface area (Å²) in [5.74, 6) is 1.68. The van der Waals surface area contributed by atoms with E-state index < -0.39 is 0 Å². The number of aliphatic hydroxyl groups is 1. The molecule has 31 heavy (non-hydrogen) atoms. The molecule has 0 amide bonds. The van der Waals surface area contributed by atoms with E-state index in [0.29, 0.717) is 17.3 Å². The normalized spacial score (nSPS) is 43.6.